The Bertz CT molecular complexity index is 1170. The van der Waals surface area contributed by atoms with Crippen molar-refractivity contribution in [2.24, 2.45) is 0 Å². The lowest BCUT2D eigenvalue weighted by Crippen LogP contribution is -2.65. The highest BCUT2D eigenvalue weighted by Crippen LogP contribution is 2.30. The summed E-state index contributed by atoms with van der Waals surface area (Å²) in [5.74, 6) is -1.45. The zero-order valence-electron chi connectivity index (χ0n) is 17.6. The molecule has 1 N–H and O–H groups in total. The van der Waals surface area contributed by atoms with Gasteiger partial charge in [0, 0.05) is 29.4 Å². The van der Waals surface area contributed by atoms with Gasteiger partial charge < -0.3 is 19.2 Å². The molecule has 2 aromatic heterocycles. The SMILES string of the molecule is COCC1(NC(=O)C(=O)c2c(C)sc(C(=O)Cc3ccc4occc4c3)c2C)COC1. The van der Waals surface area contributed by atoms with E-state index in [2.05, 4.69) is 5.32 Å². The quantitative estimate of drug-likeness (QED) is 0.426. The van der Waals surface area contributed by atoms with Gasteiger partial charge in [0.05, 0.1) is 31.0 Å². The van der Waals surface area contributed by atoms with Crippen LogP contribution in [0.3, 0.4) is 0 Å². The lowest BCUT2D eigenvalue weighted by molar-refractivity contribution is -0.135. The van der Waals surface area contributed by atoms with Crippen LogP contribution in [0.1, 0.15) is 36.0 Å². The Labute approximate surface area is 183 Å². The fraction of sp³-hybridized carbons (Fsp3) is 0.348. The van der Waals surface area contributed by atoms with Crippen molar-refractivity contribution in [1.82, 2.24) is 5.32 Å². The number of hydrogen-bond acceptors (Lipinski definition) is 7. The van der Waals surface area contributed by atoms with Crippen LogP contribution in [0.25, 0.3) is 11.0 Å². The smallest absolute Gasteiger partial charge is 0.293 e. The molecule has 7 nitrogen and oxygen atoms in total. The van der Waals surface area contributed by atoms with Crippen molar-refractivity contribution in [3.63, 3.8) is 0 Å². The Balaban J connectivity index is 1.52. The predicted molar refractivity (Wildman–Crippen MR) is 116 cm³/mol. The summed E-state index contributed by atoms with van der Waals surface area (Å²) in [5, 5.41) is 3.68. The molecular weight excluding hydrogens is 418 g/mol. The van der Waals surface area contributed by atoms with Gasteiger partial charge in [0.1, 0.15) is 11.1 Å². The standard InChI is InChI=1S/C23H23NO6S/c1-13-19(20(26)22(27)24-23(10-28-3)11-29-12-23)14(2)31-21(13)17(25)9-15-4-5-18-16(8-15)6-7-30-18/h4-8H,9-12H2,1-3H3,(H,24,27). The molecule has 0 radical (unpaired) electrons. The number of rotatable bonds is 8. The largest absolute Gasteiger partial charge is 0.464 e. The second kappa shape index (κ2) is 8.37. The van der Waals surface area contributed by atoms with E-state index in [1.54, 1.807) is 20.1 Å². The van der Waals surface area contributed by atoms with Gasteiger partial charge in [0.15, 0.2) is 5.78 Å². The topological polar surface area (TPSA) is 94.8 Å². The van der Waals surface area contributed by atoms with Gasteiger partial charge in [-0.2, -0.15) is 0 Å². The van der Waals surface area contributed by atoms with E-state index in [1.807, 2.05) is 24.3 Å². The van der Waals surface area contributed by atoms with Crippen LogP contribution in [0, 0.1) is 13.8 Å². The number of fused-ring (bicyclic) bond motifs is 1. The van der Waals surface area contributed by atoms with Gasteiger partial charge >= 0.3 is 0 Å². The molecule has 0 spiro atoms. The van der Waals surface area contributed by atoms with Gasteiger partial charge in [-0.05, 0) is 43.2 Å². The third-order valence-electron chi connectivity index (χ3n) is 5.45. The fourth-order valence-electron chi connectivity index (χ4n) is 3.87. The second-order valence-electron chi connectivity index (χ2n) is 7.87. The molecular formula is C23H23NO6S. The van der Waals surface area contributed by atoms with Gasteiger partial charge in [0.25, 0.3) is 11.7 Å². The number of methoxy groups -OCH3 is 1. The molecule has 31 heavy (non-hydrogen) atoms. The van der Waals surface area contributed by atoms with Crippen molar-refractivity contribution < 1.29 is 28.3 Å². The molecule has 1 fully saturated rings. The summed E-state index contributed by atoms with van der Waals surface area (Å²) in [6.07, 6.45) is 1.81. The molecule has 8 heteroatoms. The van der Waals surface area contributed by atoms with E-state index in [4.69, 9.17) is 13.9 Å². The molecule has 3 heterocycles. The number of furan rings is 1. The van der Waals surface area contributed by atoms with Crippen molar-refractivity contribution >= 4 is 39.8 Å². The number of ether oxygens (including phenoxy) is 2. The summed E-state index contributed by atoms with van der Waals surface area (Å²) in [6, 6.07) is 7.46. The normalized spacial score (nSPS) is 14.9. The first-order chi connectivity index (χ1) is 14.8. The Morgan fingerprint density at radius 1 is 1.19 bits per heavy atom. The number of ketones is 2. The Morgan fingerprint density at radius 2 is 1.97 bits per heavy atom. The summed E-state index contributed by atoms with van der Waals surface area (Å²) < 4.78 is 15.7. The highest BCUT2D eigenvalue weighted by molar-refractivity contribution is 7.14. The van der Waals surface area contributed by atoms with E-state index in [1.165, 1.54) is 18.4 Å². The molecule has 3 aromatic rings. The maximum atomic E-state index is 13.0. The average Bonchev–Trinajstić information content (AvgIpc) is 3.29. The van der Waals surface area contributed by atoms with Gasteiger partial charge in [-0.15, -0.1) is 11.3 Å². The van der Waals surface area contributed by atoms with Gasteiger partial charge in [0.2, 0.25) is 0 Å². The van der Waals surface area contributed by atoms with Crippen LogP contribution >= 0.6 is 11.3 Å². The maximum Gasteiger partial charge on any atom is 0.293 e. The van der Waals surface area contributed by atoms with E-state index in [0.717, 1.165) is 16.5 Å². The molecule has 4 rings (SSSR count). The van der Waals surface area contributed by atoms with Crippen LogP contribution in [0.5, 0.6) is 0 Å². The van der Waals surface area contributed by atoms with Crippen LogP contribution < -0.4 is 5.32 Å². The van der Waals surface area contributed by atoms with Gasteiger partial charge in [-0.25, -0.2) is 0 Å². The van der Waals surface area contributed by atoms with Crippen molar-refractivity contribution in [2.45, 2.75) is 25.8 Å². The number of nitrogens with one attached hydrogen (secondary N) is 1. The van der Waals surface area contributed by atoms with Crippen LogP contribution in [0.15, 0.2) is 34.9 Å². The van der Waals surface area contributed by atoms with Crippen molar-refractivity contribution in [3.05, 3.63) is 57.0 Å². The summed E-state index contributed by atoms with van der Waals surface area (Å²) in [7, 11) is 1.53. The minimum absolute atomic E-state index is 0.0869. The Kier molecular flexibility index (Phi) is 5.79. The third kappa shape index (κ3) is 4.06. The molecule has 0 unspecified atom stereocenters. The highest BCUT2D eigenvalue weighted by Gasteiger charge is 2.42. The van der Waals surface area contributed by atoms with Gasteiger partial charge in [-0.1, -0.05) is 6.07 Å². The van der Waals surface area contributed by atoms with E-state index in [-0.39, 0.29) is 18.8 Å². The number of carbonyl (C=O) groups is 3. The predicted octanol–water partition coefficient (Wildman–Crippen LogP) is 3.25. The molecule has 0 bridgehead atoms. The monoisotopic (exact) mass is 441 g/mol. The minimum atomic E-state index is -0.714. The summed E-state index contributed by atoms with van der Waals surface area (Å²) in [6.45, 7) is 4.33. The molecule has 0 aliphatic carbocycles. The molecule has 1 aliphatic rings. The minimum Gasteiger partial charge on any atom is -0.464 e. The number of thiophene rings is 1. The zero-order valence-corrected chi connectivity index (χ0v) is 18.4. The van der Waals surface area contributed by atoms with E-state index >= 15 is 0 Å². The Hall–Kier alpha value is -2.81. The van der Waals surface area contributed by atoms with E-state index < -0.39 is 17.2 Å². The van der Waals surface area contributed by atoms with Crippen LogP contribution in [0.4, 0.5) is 0 Å². The zero-order chi connectivity index (χ0) is 22.2. The first-order valence-corrected chi connectivity index (χ1v) is 10.7. The van der Waals surface area contributed by atoms with Crippen LogP contribution in [0.2, 0.25) is 0 Å². The fourth-order valence-corrected chi connectivity index (χ4v) is 4.97. The number of Topliss-reactive ketones (excluding diaryl/α,β-unsaturated/α-hetero) is 2. The highest BCUT2D eigenvalue weighted by atomic mass is 32.1. The number of aryl methyl sites for hydroxylation is 1. The molecule has 1 saturated heterocycles. The Morgan fingerprint density at radius 3 is 2.65 bits per heavy atom. The molecule has 1 amide bonds. The van der Waals surface area contributed by atoms with Crippen molar-refractivity contribution in [3.8, 4) is 0 Å². The third-order valence-corrected chi connectivity index (χ3v) is 6.70. The first-order valence-electron chi connectivity index (χ1n) is 9.86. The molecule has 0 saturated carbocycles. The van der Waals surface area contributed by atoms with Crippen molar-refractivity contribution in [2.75, 3.05) is 26.9 Å². The van der Waals surface area contributed by atoms with Gasteiger partial charge in [-0.3, -0.25) is 14.4 Å². The lowest BCUT2D eigenvalue weighted by atomic mass is 9.96. The summed E-state index contributed by atoms with van der Waals surface area (Å²) >= 11 is 1.25. The van der Waals surface area contributed by atoms with E-state index in [9.17, 15) is 14.4 Å². The van der Waals surface area contributed by atoms with Crippen LogP contribution in [-0.4, -0.2) is 49.9 Å². The average molecular weight is 442 g/mol. The van der Waals surface area contributed by atoms with Crippen LogP contribution in [-0.2, 0) is 20.7 Å². The molecule has 1 aromatic carbocycles. The number of benzene rings is 1. The summed E-state index contributed by atoms with van der Waals surface area (Å²) in [5.41, 5.74) is 1.79. The maximum absolute atomic E-state index is 13.0. The number of carbonyl (C=O) groups excluding carboxylic acids is 3. The number of hydrogen-bond donors (Lipinski definition) is 1. The summed E-state index contributed by atoms with van der Waals surface area (Å²) in [4.78, 5) is 39.7. The second-order valence-corrected chi connectivity index (χ2v) is 9.09. The molecule has 1 aliphatic heterocycles. The number of amides is 1. The first kappa shape index (κ1) is 21.4. The lowest BCUT2D eigenvalue weighted by Gasteiger charge is -2.41. The van der Waals surface area contributed by atoms with E-state index in [0.29, 0.717) is 34.1 Å². The molecule has 162 valence electrons. The molecule has 0 atom stereocenters. The van der Waals surface area contributed by atoms with Crippen molar-refractivity contribution in [1.29, 1.82) is 0 Å².